The zero-order valence-corrected chi connectivity index (χ0v) is 18.8. The van der Waals surface area contributed by atoms with Crippen LogP contribution in [0.25, 0.3) is 22.3 Å². The molecule has 0 aliphatic rings. The molecule has 0 bridgehead atoms. The minimum absolute atomic E-state index is 0.0246. The fourth-order valence-electron chi connectivity index (χ4n) is 3.64. The molecular formula is C25H22INO2. The molecule has 1 atom stereocenters. The monoisotopic (exact) mass is 495 g/mol. The molecular weight excluding hydrogens is 473 g/mol. The molecule has 0 radical (unpaired) electrons. The van der Waals surface area contributed by atoms with Gasteiger partial charge in [-0.2, -0.15) is 0 Å². The van der Waals surface area contributed by atoms with Crippen molar-refractivity contribution in [1.82, 2.24) is 0 Å². The van der Waals surface area contributed by atoms with Crippen LogP contribution in [0.15, 0.2) is 75.9 Å². The number of para-hydroxylation sites is 1. The number of aryl methyl sites for hydroxylation is 1. The third-order valence-electron chi connectivity index (χ3n) is 5.14. The predicted molar refractivity (Wildman–Crippen MR) is 129 cm³/mol. The molecule has 0 fully saturated rings. The van der Waals surface area contributed by atoms with Crippen LogP contribution in [0.3, 0.4) is 0 Å². The van der Waals surface area contributed by atoms with E-state index in [1.807, 2.05) is 62.4 Å². The molecule has 0 spiro atoms. The number of benzene rings is 3. The smallest absolute Gasteiger partial charge is 0.196 e. The highest BCUT2D eigenvalue weighted by molar-refractivity contribution is 14.1. The second-order valence-electron chi connectivity index (χ2n) is 7.33. The highest BCUT2D eigenvalue weighted by Crippen LogP contribution is 2.32. The lowest BCUT2D eigenvalue weighted by Gasteiger charge is -2.19. The lowest BCUT2D eigenvalue weighted by molar-refractivity contribution is 0.605. The third kappa shape index (κ3) is 3.81. The molecule has 0 amide bonds. The molecule has 3 nitrogen and oxygen atoms in total. The fraction of sp³-hybridized carbons (Fsp3) is 0.160. The Labute approximate surface area is 183 Å². The minimum Gasteiger partial charge on any atom is -0.455 e. The van der Waals surface area contributed by atoms with E-state index in [-0.39, 0.29) is 11.5 Å². The van der Waals surface area contributed by atoms with Crippen LogP contribution in [0, 0.1) is 17.4 Å². The quantitative estimate of drug-likeness (QED) is 0.315. The number of rotatable bonds is 4. The number of halogens is 1. The summed E-state index contributed by atoms with van der Waals surface area (Å²) in [6.45, 7) is 5.95. The zero-order chi connectivity index (χ0) is 20.5. The van der Waals surface area contributed by atoms with Crippen molar-refractivity contribution in [1.29, 1.82) is 0 Å². The highest BCUT2D eigenvalue weighted by Gasteiger charge is 2.19. The maximum absolute atomic E-state index is 13.2. The van der Waals surface area contributed by atoms with E-state index in [2.05, 4.69) is 53.0 Å². The Morgan fingerprint density at radius 2 is 1.66 bits per heavy atom. The van der Waals surface area contributed by atoms with E-state index in [0.717, 1.165) is 25.9 Å². The molecule has 146 valence electrons. The van der Waals surface area contributed by atoms with Gasteiger partial charge in [0.25, 0.3) is 0 Å². The van der Waals surface area contributed by atoms with Gasteiger partial charge < -0.3 is 9.73 Å². The average molecular weight is 495 g/mol. The fourth-order valence-corrected chi connectivity index (χ4v) is 4.19. The first-order chi connectivity index (χ1) is 14.0. The Morgan fingerprint density at radius 1 is 0.966 bits per heavy atom. The summed E-state index contributed by atoms with van der Waals surface area (Å²) in [7, 11) is 0. The largest absolute Gasteiger partial charge is 0.455 e. The molecule has 0 unspecified atom stereocenters. The van der Waals surface area contributed by atoms with Crippen molar-refractivity contribution in [2.45, 2.75) is 26.8 Å². The Kier molecular flexibility index (Phi) is 5.46. The first kappa shape index (κ1) is 19.7. The number of anilines is 1. The van der Waals surface area contributed by atoms with Gasteiger partial charge in [-0.15, -0.1) is 0 Å². The highest BCUT2D eigenvalue weighted by atomic mass is 127. The lowest BCUT2D eigenvalue weighted by atomic mass is 9.99. The molecule has 1 N–H and O–H groups in total. The molecule has 4 rings (SSSR count). The molecule has 3 aromatic carbocycles. The Hall–Kier alpha value is -2.60. The van der Waals surface area contributed by atoms with Crippen molar-refractivity contribution in [3.63, 3.8) is 0 Å². The maximum Gasteiger partial charge on any atom is 0.196 e. The van der Waals surface area contributed by atoms with Crippen LogP contribution in [-0.2, 0) is 0 Å². The van der Waals surface area contributed by atoms with Gasteiger partial charge in [-0.3, -0.25) is 4.79 Å². The molecule has 0 saturated heterocycles. The Bertz CT molecular complexity index is 1250. The Balaban J connectivity index is 1.91. The normalized spacial score (nSPS) is 12.1. The summed E-state index contributed by atoms with van der Waals surface area (Å²) < 4.78 is 7.54. The van der Waals surface area contributed by atoms with Crippen molar-refractivity contribution in [3.8, 4) is 11.3 Å². The number of hydrogen-bond donors (Lipinski definition) is 1. The summed E-state index contributed by atoms with van der Waals surface area (Å²) in [5, 5.41) is 4.20. The standard InChI is InChI=1S/C25H22INO2/c1-15-13-19(17(3)27-22-12-8-7-11-21(22)26)25-20(14-15)23(28)16(2)24(29-25)18-9-5-4-6-10-18/h4-14,17,27H,1-3H3/t17-/m1/s1. The van der Waals surface area contributed by atoms with Crippen LogP contribution in [0.1, 0.15) is 29.7 Å². The molecule has 4 heteroatoms. The molecule has 0 aliphatic carbocycles. The van der Waals surface area contributed by atoms with Crippen LogP contribution in [0.5, 0.6) is 0 Å². The summed E-state index contributed by atoms with van der Waals surface area (Å²) in [5.41, 5.74) is 5.31. The van der Waals surface area contributed by atoms with Gasteiger partial charge >= 0.3 is 0 Å². The van der Waals surface area contributed by atoms with Gasteiger partial charge in [-0.25, -0.2) is 0 Å². The third-order valence-corrected chi connectivity index (χ3v) is 6.08. The summed E-state index contributed by atoms with van der Waals surface area (Å²) in [4.78, 5) is 13.2. The summed E-state index contributed by atoms with van der Waals surface area (Å²) in [6.07, 6.45) is 0. The molecule has 29 heavy (non-hydrogen) atoms. The minimum atomic E-state index is -0.0252. The zero-order valence-electron chi connectivity index (χ0n) is 16.6. The predicted octanol–water partition coefficient (Wildman–Crippen LogP) is 6.85. The van der Waals surface area contributed by atoms with Gasteiger partial charge in [0.2, 0.25) is 0 Å². The molecule has 1 aromatic heterocycles. The molecule has 0 aliphatic heterocycles. The van der Waals surface area contributed by atoms with Crippen molar-refractivity contribution in [3.05, 3.63) is 97.2 Å². The van der Waals surface area contributed by atoms with E-state index in [1.54, 1.807) is 0 Å². The second-order valence-corrected chi connectivity index (χ2v) is 8.49. The number of fused-ring (bicyclic) bond motifs is 1. The van der Waals surface area contributed by atoms with Gasteiger partial charge in [-0.1, -0.05) is 48.5 Å². The maximum atomic E-state index is 13.2. The van der Waals surface area contributed by atoms with Gasteiger partial charge in [0.15, 0.2) is 5.43 Å². The average Bonchev–Trinajstić information content (AvgIpc) is 2.72. The lowest BCUT2D eigenvalue weighted by Crippen LogP contribution is -2.12. The van der Waals surface area contributed by atoms with Gasteiger partial charge in [0, 0.05) is 25.9 Å². The first-order valence-corrected chi connectivity index (χ1v) is 10.7. The molecule has 0 saturated carbocycles. The van der Waals surface area contributed by atoms with E-state index in [4.69, 9.17) is 4.42 Å². The van der Waals surface area contributed by atoms with E-state index in [1.165, 1.54) is 0 Å². The van der Waals surface area contributed by atoms with Gasteiger partial charge in [-0.05, 0) is 67.1 Å². The van der Waals surface area contributed by atoms with Crippen molar-refractivity contribution in [2.24, 2.45) is 0 Å². The summed E-state index contributed by atoms with van der Waals surface area (Å²) in [5.74, 6) is 0.634. The van der Waals surface area contributed by atoms with E-state index >= 15 is 0 Å². The van der Waals surface area contributed by atoms with E-state index in [9.17, 15) is 4.79 Å². The Morgan fingerprint density at radius 3 is 2.38 bits per heavy atom. The second kappa shape index (κ2) is 8.03. The van der Waals surface area contributed by atoms with E-state index < -0.39 is 0 Å². The van der Waals surface area contributed by atoms with Crippen molar-refractivity contribution in [2.75, 3.05) is 5.32 Å². The van der Waals surface area contributed by atoms with Crippen molar-refractivity contribution >= 4 is 39.2 Å². The van der Waals surface area contributed by atoms with Crippen LogP contribution in [-0.4, -0.2) is 0 Å². The van der Waals surface area contributed by atoms with Crippen LogP contribution < -0.4 is 10.7 Å². The van der Waals surface area contributed by atoms with Crippen molar-refractivity contribution < 1.29 is 4.42 Å². The van der Waals surface area contributed by atoms with Gasteiger partial charge in [0.05, 0.1) is 11.4 Å². The molecule has 1 heterocycles. The summed E-state index contributed by atoms with van der Waals surface area (Å²) in [6, 6.07) is 22.0. The van der Waals surface area contributed by atoms with E-state index in [0.29, 0.717) is 22.3 Å². The first-order valence-electron chi connectivity index (χ1n) is 9.60. The number of nitrogens with one attached hydrogen (secondary N) is 1. The topological polar surface area (TPSA) is 42.2 Å². The van der Waals surface area contributed by atoms with Gasteiger partial charge in [0.1, 0.15) is 11.3 Å². The van der Waals surface area contributed by atoms with Crippen LogP contribution in [0.4, 0.5) is 5.69 Å². The number of hydrogen-bond acceptors (Lipinski definition) is 3. The SMILES string of the molecule is Cc1cc([C@@H](C)Nc2ccccc2I)c2oc(-c3ccccc3)c(C)c(=O)c2c1. The van der Waals surface area contributed by atoms with Crippen LogP contribution >= 0.6 is 22.6 Å². The summed E-state index contributed by atoms with van der Waals surface area (Å²) >= 11 is 2.32. The molecule has 4 aromatic rings. The van der Waals surface area contributed by atoms with Crippen LogP contribution in [0.2, 0.25) is 0 Å².